The highest BCUT2D eigenvalue weighted by molar-refractivity contribution is 9.10. The van der Waals surface area contributed by atoms with Crippen molar-refractivity contribution in [1.29, 1.82) is 0 Å². The molecule has 1 aromatic heterocycles. The monoisotopic (exact) mass is 384 g/mol. The van der Waals surface area contributed by atoms with Gasteiger partial charge >= 0.3 is 6.61 Å². The fraction of sp³-hybridized carbons (Fsp3) is 0.312. The Labute approximate surface area is 141 Å². The molecule has 2 aromatic rings. The molecule has 0 N–H and O–H groups in total. The molecule has 1 aliphatic heterocycles. The first-order valence-electron chi connectivity index (χ1n) is 7.15. The maximum Gasteiger partial charge on any atom is 0.387 e. The van der Waals surface area contributed by atoms with Crippen molar-refractivity contribution < 1.29 is 18.3 Å². The van der Waals surface area contributed by atoms with Crippen LogP contribution in [0.25, 0.3) is 0 Å². The molecule has 0 spiro atoms. The van der Waals surface area contributed by atoms with Crippen molar-refractivity contribution in [2.24, 2.45) is 0 Å². The van der Waals surface area contributed by atoms with Gasteiger partial charge in [-0.3, -0.25) is 0 Å². The van der Waals surface area contributed by atoms with Gasteiger partial charge in [0, 0.05) is 17.6 Å². The molecule has 0 bridgehead atoms. The van der Waals surface area contributed by atoms with Gasteiger partial charge in [-0.1, -0.05) is 28.1 Å². The number of rotatable bonds is 4. The van der Waals surface area contributed by atoms with Crippen molar-refractivity contribution in [3.63, 3.8) is 0 Å². The lowest BCUT2D eigenvalue weighted by Crippen LogP contribution is -2.38. The van der Waals surface area contributed by atoms with Crippen molar-refractivity contribution in [2.45, 2.75) is 12.7 Å². The first-order valence-corrected chi connectivity index (χ1v) is 7.94. The number of pyridine rings is 1. The zero-order chi connectivity index (χ0) is 16.2. The first kappa shape index (κ1) is 16.1. The van der Waals surface area contributed by atoms with Crippen LogP contribution in [-0.4, -0.2) is 31.3 Å². The summed E-state index contributed by atoms with van der Waals surface area (Å²) in [6.07, 6.45) is 1.27. The van der Waals surface area contributed by atoms with Gasteiger partial charge < -0.3 is 14.4 Å². The summed E-state index contributed by atoms with van der Waals surface area (Å²) in [4.78, 5) is 6.27. The Kier molecular flexibility index (Phi) is 5.07. The molecule has 1 atom stereocenters. The predicted molar refractivity (Wildman–Crippen MR) is 85.9 cm³/mol. The molecule has 1 aromatic carbocycles. The van der Waals surface area contributed by atoms with E-state index in [1.54, 1.807) is 6.07 Å². The smallest absolute Gasteiger partial charge is 0.387 e. The van der Waals surface area contributed by atoms with Crippen molar-refractivity contribution in [2.75, 3.05) is 24.6 Å². The number of hydrogen-bond acceptors (Lipinski definition) is 4. The van der Waals surface area contributed by atoms with Gasteiger partial charge in [-0.25, -0.2) is 4.98 Å². The van der Waals surface area contributed by atoms with E-state index in [1.807, 2.05) is 24.3 Å². The summed E-state index contributed by atoms with van der Waals surface area (Å²) in [5.41, 5.74) is 1.09. The Balaban J connectivity index is 1.69. The normalized spacial score (nSPS) is 18.3. The minimum absolute atomic E-state index is 0.0457. The number of halogens is 3. The van der Waals surface area contributed by atoms with Crippen LogP contribution in [0.3, 0.4) is 0 Å². The molecule has 1 unspecified atom stereocenters. The Hall–Kier alpha value is -1.73. The van der Waals surface area contributed by atoms with Crippen LogP contribution >= 0.6 is 15.9 Å². The lowest BCUT2D eigenvalue weighted by atomic mass is 10.1. The molecule has 1 fully saturated rings. The van der Waals surface area contributed by atoms with E-state index < -0.39 is 6.61 Å². The number of ether oxygens (including phenoxy) is 2. The Morgan fingerprint density at radius 1 is 1.22 bits per heavy atom. The number of nitrogens with zero attached hydrogens (tertiary/aromatic N) is 2. The van der Waals surface area contributed by atoms with E-state index in [4.69, 9.17) is 4.74 Å². The van der Waals surface area contributed by atoms with Crippen LogP contribution in [0.4, 0.5) is 14.6 Å². The molecule has 2 heterocycles. The largest absolute Gasteiger partial charge is 0.433 e. The minimum Gasteiger partial charge on any atom is -0.433 e. The van der Waals surface area contributed by atoms with Crippen LogP contribution in [0, 0.1) is 0 Å². The maximum absolute atomic E-state index is 12.2. The van der Waals surface area contributed by atoms with E-state index in [9.17, 15) is 8.78 Å². The topological polar surface area (TPSA) is 34.6 Å². The number of hydrogen-bond donors (Lipinski definition) is 0. The van der Waals surface area contributed by atoms with Crippen LogP contribution in [0.1, 0.15) is 11.7 Å². The Morgan fingerprint density at radius 2 is 2.00 bits per heavy atom. The van der Waals surface area contributed by atoms with Crippen molar-refractivity contribution in [3.05, 3.63) is 52.6 Å². The lowest BCUT2D eigenvalue weighted by molar-refractivity contribution is -0.0500. The molecular weight excluding hydrogens is 370 g/mol. The van der Waals surface area contributed by atoms with E-state index >= 15 is 0 Å². The zero-order valence-electron chi connectivity index (χ0n) is 12.2. The van der Waals surface area contributed by atoms with Gasteiger partial charge in [0.1, 0.15) is 17.7 Å². The second-order valence-electron chi connectivity index (χ2n) is 5.09. The predicted octanol–water partition coefficient (Wildman–Crippen LogP) is 4.02. The Bertz CT molecular complexity index is 638. The van der Waals surface area contributed by atoms with E-state index in [1.165, 1.54) is 12.3 Å². The van der Waals surface area contributed by atoms with Crippen LogP contribution in [0.15, 0.2) is 47.1 Å². The van der Waals surface area contributed by atoms with Gasteiger partial charge in [-0.05, 0) is 29.8 Å². The SMILES string of the molecule is FC(F)Oc1ccc(N2CCOC(c3ccc(Br)cc3)C2)nc1. The van der Waals surface area contributed by atoms with E-state index in [2.05, 4.69) is 30.6 Å². The first-order chi connectivity index (χ1) is 11.1. The maximum atomic E-state index is 12.2. The average Bonchev–Trinajstić information content (AvgIpc) is 2.56. The van der Waals surface area contributed by atoms with Crippen LogP contribution < -0.4 is 9.64 Å². The van der Waals surface area contributed by atoms with Crippen molar-refractivity contribution in [1.82, 2.24) is 4.98 Å². The molecule has 0 amide bonds. The number of anilines is 1. The fourth-order valence-corrected chi connectivity index (χ4v) is 2.73. The number of morpholine rings is 1. The summed E-state index contributed by atoms with van der Waals surface area (Å²) in [6.45, 7) is -0.899. The van der Waals surface area contributed by atoms with E-state index in [0.717, 1.165) is 15.9 Å². The third-order valence-electron chi connectivity index (χ3n) is 3.58. The molecule has 122 valence electrons. The minimum atomic E-state index is -2.84. The summed E-state index contributed by atoms with van der Waals surface area (Å²) in [7, 11) is 0. The molecule has 7 heteroatoms. The lowest BCUT2D eigenvalue weighted by Gasteiger charge is -2.34. The van der Waals surface area contributed by atoms with Gasteiger partial charge in [0.05, 0.1) is 12.8 Å². The summed E-state index contributed by atoms with van der Waals surface area (Å²) in [5, 5.41) is 0. The molecule has 23 heavy (non-hydrogen) atoms. The summed E-state index contributed by atoms with van der Waals surface area (Å²) in [5.74, 6) is 0.776. The quantitative estimate of drug-likeness (QED) is 0.796. The molecular formula is C16H15BrF2N2O2. The molecule has 0 saturated carbocycles. The second-order valence-corrected chi connectivity index (χ2v) is 6.00. The second kappa shape index (κ2) is 7.23. The van der Waals surface area contributed by atoms with Gasteiger partial charge in [-0.15, -0.1) is 0 Å². The molecule has 1 saturated heterocycles. The highest BCUT2D eigenvalue weighted by Crippen LogP contribution is 2.27. The summed E-state index contributed by atoms with van der Waals surface area (Å²) >= 11 is 3.42. The van der Waals surface area contributed by atoms with E-state index in [0.29, 0.717) is 19.7 Å². The highest BCUT2D eigenvalue weighted by Gasteiger charge is 2.23. The number of alkyl halides is 2. The highest BCUT2D eigenvalue weighted by atomic mass is 79.9. The molecule has 4 nitrogen and oxygen atoms in total. The summed E-state index contributed by atoms with van der Waals surface area (Å²) < 4.78 is 35.5. The van der Waals surface area contributed by atoms with Crippen molar-refractivity contribution in [3.8, 4) is 5.75 Å². The zero-order valence-corrected chi connectivity index (χ0v) is 13.7. The number of benzene rings is 1. The van der Waals surface area contributed by atoms with Crippen molar-refractivity contribution >= 4 is 21.7 Å². The van der Waals surface area contributed by atoms with Gasteiger partial charge in [0.15, 0.2) is 0 Å². The van der Waals surface area contributed by atoms with Crippen LogP contribution in [0.5, 0.6) is 5.75 Å². The average molecular weight is 385 g/mol. The molecule has 0 radical (unpaired) electrons. The summed E-state index contributed by atoms with van der Waals surface area (Å²) in [6, 6.07) is 11.2. The van der Waals surface area contributed by atoms with Gasteiger partial charge in [0.2, 0.25) is 0 Å². The molecule has 3 rings (SSSR count). The van der Waals surface area contributed by atoms with Gasteiger partial charge in [-0.2, -0.15) is 8.78 Å². The Morgan fingerprint density at radius 3 is 2.65 bits per heavy atom. The standard InChI is InChI=1S/C16H15BrF2N2O2/c17-12-3-1-11(2-4-12)14-10-21(7-8-22-14)15-6-5-13(9-20-15)23-16(18)19/h1-6,9,14,16H,7-8,10H2. The van der Waals surface area contributed by atoms with Crippen LogP contribution in [-0.2, 0) is 4.74 Å². The van der Waals surface area contributed by atoms with E-state index in [-0.39, 0.29) is 11.9 Å². The number of aromatic nitrogens is 1. The fourth-order valence-electron chi connectivity index (χ4n) is 2.47. The third kappa shape index (κ3) is 4.17. The molecule has 0 aliphatic carbocycles. The molecule has 1 aliphatic rings. The van der Waals surface area contributed by atoms with Crippen LogP contribution in [0.2, 0.25) is 0 Å². The van der Waals surface area contributed by atoms with Gasteiger partial charge in [0.25, 0.3) is 0 Å². The third-order valence-corrected chi connectivity index (χ3v) is 4.11.